The van der Waals surface area contributed by atoms with Gasteiger partial charge in [0, 0.05) is 11.8 Å². The van der Waals surface area contributed by atoms with E-state index < -0.39 is 30.0 Å². The first kappa shape index (κ1) is 20.8. The van der Waals surface area contributed by atoms with Gasteiger partial charge in [0.2, 0.25) is 12.1 Å². The minimum Gasteiger partial charge on any atom is -0.479 e. The van der Waals surface area contributed by atoms with Gasteiger partial charge in [-0.3, -0.25) is 0 Å². The Balaban J connectivity index is 2.08. The lowest BCUT2D eigenvalue weighted by Crippen LogP contribution is -2.24. The van der Waals surface area contributed by atoms with Crippen LogP contribution in [0.4, 0.5) is 17.6 Å². The first-order chi connectivity index (χ1) is 12.6. The van der Waals surface area contributed by atoms with Crippen molar-refractivity contribution < 1.29 is 36.6 Å². The summed E-state index contributed by atoms with van der Waals surface area (Å²) in [5.74, 6) is -0.120. The highest BCUT2D eigenvalue weighted by atomic mass is 35.5. The molecule has 2 aromatic rings. The number of hydrogen-bond acceptors (Lipinski definition) is 5. The largest absolute Gasteiger partial charge is 0.479 e. The maximum atomic E-state index is 13.3. The van der Waals surface area contributed by atoms with E-state index in [4.69, 9.17) is 21.1 Å². The number of alkyl halides is 4. The van der Waals surface area contributed by atoms with Gasteiger partial charge < -0.3 is 14.2 Å². The van der Waals surface area contributed by atoms with Crippen LogP contribution in [0.15, 0.2) is 36.5 Å². The molecule has 0 amide bonds. The van der Waals surface area contributed by atoms with Crippen molar-refractivity contribution in [2.75, 3.05) is 7.11 Å². The smallest absolute Gasteiger partial charge is 0.423 e. The van der Waals surface area contributed by atoms with Crippen molar-refractivity contribution in [3.05, 3.63) is 47.1 Å². The normalized spacial score (nSPS) is 13.6. The van der Waals surface area contributed by atoms with Crippen molar-refractivity contribution in [2.45, 2.75) is 25.4 Å². The second-order valence-electron chi connectivity index (χ2n) is 5.32. The van der Waals surface area contributed by atoms with E-state index in [0.29, 0.717) is 11.9 Å². The second-order valence-corrected chi connectivity index (χ2v) is 5.72. The van der Waals surface area contributed by atoms with Crippen molar-refractivity contribution in [1.29, 1.82) is 0 Å². The van der Waals surface area contributed by atoms with E-state index in [-0.39, 0.29) is 16.7 Å². The van der Waals surface area contributed by atoms with Gasteiger partial charge in [-0.15, -0.1) is 0 Å². The molecule has 0 fully saturated rings. The number of aromatic nitrogens is 1. The van der Waals surface area contributed by atoms with E-state index in [2.05, 4.69) is 9.72 Å². The molecule has 0 aliphatic heterocycles. The van der Waals surface area contributed by atoms with Crippen LogP contribution in [0.25, 0.3) is 0 Å². The topological polar surface area (TPSA) is 57.7 Å². The number of ether oxygens (including phenoxy) is 3. The Labute approximate surface area is 156 Å². The van der Waals surface area contributed by atoms with Gasteiger partial charge in [-0.05, 0) is 37.3 Å². The average Bonchev–Trinajstić information content (AvgIpc) is 2.62. The van der Waals surface area contributed by atoms with Gasteiger partial charge in [-0.1, -0.05) is 11.6 Å². The third kappa shape index (κ3) is 5.46. The molecule has 1 aromatic heterocycles. The lowest BCUT2D eigenvalue weighted by Gasteiger charge is -2.14. The first-order valence-electron chi connectivity index (χ1n) is 7.50. The molecule has 0 aliphatic carbocycles. The fraction of sp³-hybridized carbons (Fsp3) is 0.294. The molecule has 0 saturated heterocycles. The third-order valence-electron chi connectivity index (χ3n) is 3.29. The number of nitrogens with zero attached hydrogens (tertiary/aromatic N) is 1. The summed E-state index contributed by atoms with van der Waals surface area (Å²) in [6.45, 7) is 1.51. The zero-order valence-corrected chi connectivity index (χ0v) is 14.8. The summed E-state index contributed by atoms with van der Waals surface area (Å²) in [5.41, 5.74) is -0.722. The number of halogens is 5. The van der Waals surface area contributed by atoms with Gasteiger partial charge in [0.05, 0.1) is 7.11 Å². The molecule has 27 heavy (non-hydrogen) atoms. The molecule has 1 aromatic carbocycles. The Morgan fingerprint density at radius 3 is 2.30 bits per heavy atom. The van der Waals surface area contributed by atoms with Crippen LogP contribution in [0, 0.1) is 0 Å². The van der Waals surface area contributed by atoms with Gasteiger partial charge in [0.15, 0.2) is 6.10 Å². The average molecular weight is 408 g/mol. The second kappa shape index (κ2) is 8.43. The van der Waals surface area contributed by atoms with E-state index in [0.717, 1.165) is 6.07 Å². The fourth-order valence-electron chi connectivity index (χ4n) is 1.96. The molecule has 2 unspecified atom stereocenters. The summed E-state index contributed by atoms with van der Waals surface area (Å²) >= 11 is 5.83. The number of benzene rings is 1. The van der Waals surface area contributed by atoms with Gasteiger partial charge in [-0.2, -0.15) is 13.2 Å². The van der Waals surface area contributed by atoms with Crippen LogP contribution < -0.4 is 9.47 Å². The van der Waals surface area contributed by atoms with Gasteiger partial charge in [0.25, 0.3) is 0 Å². The van der Waals surface area contributed by atoms with Crippen LogP contribution in [0.5, 0.6) is 17.4 Å². The Morgan fingerprint density at radius 1 is 1.19 bits per heavy atom. The van der Waals surface area contributed by atoms with E-state index in [1.165, 1.54) is 38.3 Å². The van der Waals surface area contributed by atoms with Crippen LogP contribution in [-0.4, -0.2) is 30.3 Å². The van der Waals surface area contributed by atoms with Crippen molar-refractivity contribution in [1.82, 2.24) is 4.98 Å². The lowest BCUT2D eigenvalue weighted by molar-refractivity contribution is -0.182. The number of esters is 1. The van der Waals surface area contributed by atoms with Crippen LogP contribution in [0.2, 0.25) is 5.02 Å². The molecule has 0 spiro atoms. The van der Waals surface area contributed by atoms with Crippen molar-refractivity contribution in [2.24, 2.45) is 0 Å². The molecule has 10 heteroatoms. The number of rotatable bonds is 6. The highest BCUT2D eigenvalue weighted by Gasteiger charge is 2.41. The van der Waals surface area contributed by atoms with Crippen LogP contribution in [0.1, 0.15) is 18.7 Å². The predicted molar refractivity (Wildman–Crippen MR) is 87.8 cm³/mol. The summed E-state index contributed by atoms with van der Waals surface area (Å²) in [5, 5.41) is -0.279. The summed E-state index contributed by atoms with van der Waals surface area (Å²) in [6.07, 6.45) is -8.35. The molecule has 0 aliphatic rings. The molecular weight excluding hydrogens is 394 g/mol. The summed E-state index contributed by atoms with van der Waals surface area (Å²) in [7, 11) is 1.24. The molecule has 0 N–H and O–H groups in total. The summed E-state index contributed by atoms with van der Waals surface area (Å²) in [6, 6.07) is 6.74. The molecule has 146 valence electrons. The maximum absolute atomic E-state index is 13.3. The Bertz CT molecular complexity index is 799. The predicted octanol–water partition coefficient (Wildman–Crippen LogP) is 5.04. The SMILES string of the molecule is COC(=O)C(C)Oc1ccc(Oc2ncc(C(F)C(F)(F)F)cc2Cl)cc1. The quantitative estimate of drug-likeness (QED) is 0.496. The Morgan fingerprint density at radius 2 is 1.78 bits per heavy atom. The Kier molecular flexibility index (Phi) is 6.48. The lowest BCUT2D eigenvalue weighted by atomic mass is 10.2. The first-order valence-corrected chi connectivity index (χ1v) is 7.88. The number of methoxy groups -OCH3 is 1. The van der Waals surface area contributed by atoms with Crippen molar-refractivity contribution in [3.8, 4) is 17.4 Å². The number of carbonyl (C=O) groups is 1. The summed E-state index contributed by atoms with van der Waals surface area (Å²) < 4.78 is 65.7. The minimum absolute atomic E-state index is 0.189. The van der Waals surface area contributed by atoms with E-state index in [1.54, 1.807) is 0 Å². The van der Waals surface area contributed by atoms with Gasteiger partial charge >= 0.3 is 12.1 Å². The minimum atomic E-state index is -5.05. The van der Waals surface area contributed by atoms with Crippen LogP contribution >= 0.6 is 11.6 Å². The fourth-order valence-corrected chi connectivity index (χ4v) is 2.17. The molecule has 0 bridgehead atoms. The molecule has 2 atom stereocenters. The molecule has 5 nitrogen and oxygen atoms in total. The van der Waals surface area contributed by atoms with E-state index in [9.17, 15) is 22.4 Å². The van der Waals surface area contributed by atoms with Crippen LogP contribution in [-0.2, 0) is 9.53 Å². The zero-order valence-electron chi connectivity index (χ0n) is 14.1. The monoisotopic (exact) mass is 407 g/mol. The van der Waals surface area contributed by atoms with Crippen LogP contribution in [0.3, 0.4) is 0 Å². The molecule has 0 radical (unpaired) electrons. The van der Waals surface area contributed by atoms with Gasteiger partial charge in [0.1, 0.15) is 16.5 Å². The Hall–Kier alpha value is -2.55. The zero-order chi connectivity index (χ0) is 20.2. The number of hydrogen-bond donors (Lipinski definition) is 0. The number of carbonyl (C=O) groups excluding carboxylic acids is 1. The maximum Gasteiger partial charge on any atom is 0.423 e. The summed E-state index contributed by atoms with van der Waals surface area (Å²) in [4.78, 5) is 14.9. The molecule has 1 heterocycles. The molecule has 0 saturated carbocycles. The van der Waals surface area contributed by atoms with Gasteiger partial charge in [-0.25, -0.2) is 14.2 Å². The highest BCUT2D eigenvalue weighted by Crippen LogP contribution is 2.38. The number of pyridine rings is 1. The highest BCUT2D eigenvalue weighted by molar-refractivity contribution is 6.31. The third-order valence-corrected chi connectivity index (χ3v) is 3.56. The molecular formula is C17H14ClF4NO4. The van der Waals surface area contributed by atoms with Crippen molar-refractivity contribution in [3.63, 3.8) is 0 Å². The van der Waals surface area contributed by atoms with E-state index in [1.807, 2.05) is 0 Å². The van der Waals surface area contributed by atoms with E-state index >= 15 is 0 Å². The van der Waals surface area contributed by atoms with Crippen molar-refractivity contribution >= 4 is 17.6 Å². The standard InChI is InChI=1S/C17H14ClF4NO4/c1-9(16(24)25-2)26-11-3-5-12(6-4-11)27-15-13(18)7-10(8-23-15)14(19)17(20,21)22/h3-9,14H,1-2H3. The molecule has 2 rings (SSSR count).